The molecule has 0 spiro atoms. The van der Waals surface area contributed by atoms with Gasteiger partial charge in [-0.1, -0.05) is 30.7 Å². The lowest BCUT2D eigenvalue weighted by molar-refractivity contribution is 0.165. The molecule has 0 aromatic carbocycles. The molecule has 13 heavy (non-hydrogen) atoms. The van der Waals surface area contributed by atoms with Crippen LogP contribution >= 0.6 is 0 Å². The summed E-state index contributed by atoms with van der Waals surface area (Å²) in [5.74, 6) is 0.588. The van der Waals surface area contributed by atoms with Crippen molar-refractivity contribution in [2.45, 2.75) is 45.6 Å². The number of hydrogen-bond acceptors (Lipinski definition) is 1. The molecule has 74 valence electrons. The van der Waals surface area contributed by atoms with E-state index in [4.69, 9.17) is 0 Å². The van der Waals surface area contributed by atoms with Crippen molar-refractivity contribution < 1.29 is 5.11 Å². The fourth-order valence-electron chi connectivity index (χ4n) is 1.95. The zero-order valence-electron chi connectivity index (χ0n) is 8.66. The van der Waals surface area contributed by atoms with E-state index in [1.807, 2.05) is 6.92 Å². The van der Waals surface area contributed by atoms with Gasteiger partial charge in [0.25, 0.3) is 0 Å². The normalized spacial score (nSPS) is 21.0. The van der Waals surface area contributed by atoms with Crippen molar-refractivity contribution in [1.82, 2.24) is 0 Å². The van der Waals surface area contributed by atoms with Crippen molar-refractivity contribution in [1.29, 1.82) is 0 Å². The summed E-state index contributed by atoms with van der Waals surface area (Å²) in [7, 11) is 0. The fourth-order valence-corrected chi connectivity index (χ4v) is 1.95. The van der Waals surface area contributed by atoms with Crippen LogP contribution in [0.2, 0.25) is 0 Å². The summed E-state index contributed by atoms with van der Waals surface area (Å²) in [6.45, 7) is 4.08. The molecule has 1 aliphatic rings. The first-order chi connectivity index (χ1) is 6.24. The predicted molar refractivity (Wildman–Crippen MR) is 56.5 cm³/mol. The third kappa shape index (κ3) is 3.35. The molecule has 2 unspecified atom stereocenters. The van der Waals surface area contributed by atoms with Crippen molar-refractivity contribution in [3.63, 3.8) is 0 Å². The SMILES string of the molecule is CCC(CC(C)O)C1=CC=CCC1. The molecule has 0 aromatic heterocycles. The molecule has 1 N–H and O–H groups in total. The summed E-state index contributed by atoms with van der Waals surface area (Å²) in [4.78, 5) is 0. The summed E-state index contributed by atoms with van der Waals surface area (Å²) in [6.07, 6.45) is 10.8. The molecule has 0 aromatic rings. The lowest BCUT2D eigenvalue weighted by atomic mass is 9.86. The molecule has 0 heterocycles. The van der Waals surface area contributed by atoms with Crippen molar-refractivity contribution in [3.8, 4) is 0 Å². The quantitative estimate of drug-likeness (QED) is 0.705. The van der Waals surface area contributed by atoms with E-state index >= 15 is 0 Å². The first-order valence-corrected chi connectivity index (χ1v) is 5.27. The number of rotatable bonds is 4. The van der Waals surface area contributed by atoms with Crippen LogP contribution in [0.1, 0.15) is 39.5 Å². The Bertz CT molecular complexity index is 201. The molecule has 0 saturated heterocycles. The maximum Gasteiger partial charge on any atom is 0.0517 e. The Balaban J connectivity index is 2.54. The zero-order chi connectivity index (χ0) is 9.68. The van der Waals surface area contributed by atoms with Crippen molar-refractivity contribution in [2.75, 3.05) is 0 Å². The van der Waals surface area contributed by atoms with Gasteiger partial charge in [0.05, 0.1) is 6.10 Å². The van der Waals surface area contributed by atoms with Gasteiger partial charge in [0.1, 0.15) is 0 Å². The molecule has 0 bridgehead atoms. The average Bonchev–Trinajstić information content (AvgIpc) is 2.15. The van der Waals surface area contributed by atoms with Gasteiger partial charge in [-0.2, -0.15) is 0 Å². The molecular weight excluding hydrogens is 160 g/mol. The van der Waals surface area contributed by atoms with Crippen LogP contribution in [-0.2, 0) is 0 Å². The molecule has 2 atom stereocenters. The minimum atomic E-state index is -0.170. The second kappa shape index (κ2) is 5.23. The van der Waals surface area contributed by atoms with Gasteiger partial charge in [-0.25, -0.2) is 0 Å². The van der Waals surface area contributed by atoms with Gasteiger partial charge in [0, 0.05) is 0 Å². The molecule has 0 aliphatic heterocycles. The topological polar surface area (TPSA) is 20.2 Å². The Hall–Kier alpha value is -0.560. The highest BCUT2D eigenvalue weighted by Gasteiger charge is 2.14. The van der Waals surface area contributed by atoms with Crippen molar-refractivity contribution in [2.24, 2.45) is 5.92 Å². The molecule has 0 saturated carbocycles. The smallest absolute Gasteiger partial charge is 0.0517 e. The van der Waals surface area contributed by atoms with Crippen molar-refractivity contribution in [3.05, 3.63) is 23.8 Å². The minimum absolute atomic E-state index is 0.170. The molecule has 0 amide bonds. The molecule has 1 nitrogen and oxygen atoms in total. The van der Waals surface area contributed by atoms with Crippen LogP contribution in [0.15, 0.2) is 23.8 Å². The van der Waals surface area contributed by atoms with E-state index in [1.165, 1.54) is 18.4 Å². The molecule has 0 radical (unpaired) electrons. The minimum Gasteiger partial charge on any atom is -0.393 e. The predicted octanol–water partition coefficient (Wildman–Crippen LogP) is 3.06. The van der Waals surface area contributed by atoms with E-state index < -0.39 is 0 Å². The van der Waals surface area contributed by atoms with E-state index in [2.05, 4.69) is 25.2 Å². The zero-order valence-corrected chi connectivity index (χ0v) is 8.66. The van der Waals surface area contributed by atoms with Crippen LogP contribution in [0.25, 0.3) is 0 Å². The summed E-state index contributed by atoms with van der Waals surface area (Å²) in [5.41, 5.74) is 1.52. The maximum absolute atomic E-state index is 9.34. The largest absolute Gasteiger partial charge is 0.393 e. The van der Waals surface area contributed by atoms with Crippen LogP contribution in [0, 0.1) is 5.92 Å². The van der Waals surface area contributed by atoms with Crippen LogP contribution in [0.4, 0.5) is 0 Å². The Labute approximate surface area is 81.2 Å². The number of allylic oxidation sites excluding steroid dienone is 4. The third-order valence-corrected chi connectivity index (χ3v) is 2.69. The van der Waals surface area contributed by atoms with Gasteiger partial charge < -0.3 is 5.11 Å². The van der Waals surface area contributed by atoms with Gasteiger partial charge in [-0.15, -0.1) is 0 Å². The molecule has 0 fully saturated rings. The summed E-state index contributed by atoms with van der Waals surface area (Å²) >= 11 is 0. The van der Waals surface area contributed by atoms with E-state index in [0.29, 0.717) is 5.92 Å². The molecular formula is C12H20O. The lowest BCUT2D eigenvalue weighted by Gasteiger charge is -2.21. The summed E-state index contributed by atoms with van der Waals surface area (Å²) < 4.78 is 0. The van der Waals surface area contributed by atoms with Crippen LogP contribution in [0.3, 0.4) is 0 Å². The highest BCUT2D eigenvalue weighted by atomic mass is 16.3. The lowest BCUT2D eigenvalue weighted by Crippen LogP contribution is -2.12. The van der Waals surface area contributed by atoms with Gasteiger partial charge in [0.2, 0.25) is 0 Å². The van der Waals surface area contributed by atoms with Gasteiger partial charge in [-0.3, -0.25) is 0 Å². The van der Waals surface area contributed by atoms with Gasteiger partial charge in [-0.05, 0) is 38.5 Å². The van der Waals surface area contributed by atoms with E-state index in [-0.39, 0.29) is 6.10 Å². The van der Waals surface area contributed by atoms with Crippen molar-refractivity contribution >= 4 is 0 Å². The van der Waals surface area contributed by atoms with Crippen LogP contribution in [0.5, 0.6) is 0 Å². The number of aliphatic hydroxyl groups is 1. The van der Waals surface area contributed by atoms with Crippen LogP contribution < -0.4 is 0 Å². The molecule has 1 aliphatic carbocycles. The second-order valence-electron chi connectivity index (χ2n) is 3.90. The Morgan fingerprint density at radius 1 is 1.54 bits per heavy atom. The standard InChI is InChI=1S/C12H20O/c1-3-11(9-10(2)13)12-7-5-4-6-8-12/h4-5,7,10-11,13H,3,6,8-9H2,1-2H3. The molecule has 1 rings (SSSR count). The number of aliphatic hydroxyl groups excluding tert-OH is 1. The Kier molecular flexibility index (Phi) is 4.23. The highest BCUT2D eigenvalue weighted by Crippen LogP contribution is 2.26. The Morgan fingerprint density at radius 3 is 2.77 bits per heavy atom. The maximum atomic E-state index is 9.34. The van der Waals surface area contributed by atoms with E-state index in [1.54, 1.807) is 0 Å². The van der Waals surface area contributed by atoms with Crippen LogP contribution in [-0.4, -0.2) is 11.2 Å². The highest BCUT2D eigenvalue weighted by molar-refractivity contribution is 5.20. The third-order valence-electron chi connectivity index (χ3n) is 2.69. The first-order valence-electron chi connectivity index (χ1n) is 5.27. The Morgan fingerprint density at radius 2 is 2.31 bits per heavy atom. The van der Waals surface area contributed by atoms with E-state index in [0.717, 1.165) is 12.8 Å². The fraction of sp³-hybridized carbons (Fsp3) is 0.667. The van der Waals surface area contributed by atoms with Gasteiger partial charge >= 0.3 is 0 Å². The van der Waals surface area contributed by atoms with Gasteiger partial charge in [0.15, 0.2) is 0 Å². The monoisotopic (exact) mass is 180 g/mol. The molecule has 1 heteroatoms. The average molecular weight is 180 g/mol. The first kappa shape index (κ1) is 10.5. The number of hydrogen-bond donors (Lipinski definition) is 1. The van der Waals surface area contributed by atoms with E-state index in [9.17, 15) is 5.11 Å². The summed E-state index contributed by atoms with van der Waals surface area (Å²) in [6, 6.07) is 0. The summed E-state index contributed by atoms with van der Waals surface area (Å²) in [5, 5.41) is 9.34. The second-order valence-corrected chi connectivity index (χ2v) is 3.90.